The van der Waals surface area contributed by atoms with Gasteiger partial charge in [0.05, 0.1) is 17.7 Å². The summed E-state index contributed by atoms with van der Waals surface area (Å²) in [6.45, 7) is 1.73. The summed E-state index contributed by atoms with van der Waals surface area (Å²) in [4.78, 5) is 12.5. The van der Waals surface area contributed by atoms with E-state index in [4.69, 9.17) is 4.74 Å². The molecule has 0 radical (unpaired) electrons. The van der Waals surface area contributed by atoms with Crippen LogP contribution in [0.3, 0.4) is 0 Å². The number of piperidine rings is 1. The zero-order valence-corrected chi connectivity index (χ0v) is 15.9. The van der Waals surface area contributed by atoms with E-state index in [9.17, 15) is 13.2 Å². The number of amides is 1. The van der Waals surface area contributed by atoms with Gasteiger partial charge in [-0.05, 0) is 56.3 Å². The van der Waals surface area contributed by atoms with Gasteiger partial charge in [-0.15, -0.1) is 0 Å². The van der Waals surface area contributed by atoms with E-state index < -0.39 is 10.0 Å². The van der Waals surface area contributed by atoms with Crippen LogP contribution < -0.4 is 20.1 Å². The number of ether oxygens (including phenoxy) is 1. The molecule has 2 aromatic carbocycles. The summed E-state index contributed by atoms with van der Waals surface area (Å²) in [5.41, 5.74) is 0.654. The Morgan fingerprint density at radius 1 is 1.11 bits per heavy atom. The highest BCUT2D eigenvalue weighted by Gasteiger charge is 2.20. The minimum absolute atomic E-state index is 0.0198. The summed E-state index contributed by atoms with van der Waals surface area (Å²) in [5.74, 6) is 0.150. The number of carbonyl (C=O) groups is 1. The van der Waals surface area contributed by atoms with E-state index in [0.29, 0.717) is 17.0 Å². The SMILES string of the molecule is COc1ccccc1NS(=O)(=O)c1cccc(C(=O)NC2CCNCC2)c1. The molecular weight excluding hydrogens is 366 g/mol. The van der Waals surface area contributed by atoms with E-state index in [1.165, 1.54) is 19.2 Å². The summed E-state index contributed by atoms with van der Waals surface area (Å²) < 4.78 is 33.1. The summed E-state index contributed by atoms with van der Waals surface area (Å²) in [6, 6.07) is 12.9. The van der Waals surface area contributed by atoms with Crippen molar-refractivity contribution in [3.05, 3.63) is 54.1 Å². The van der Waals surface area contributed by atoms with Gasteiger partial charge in [0.2, 0.25) is 0 Å². The van der Waals surface area contributed by atoms with Gasteiger partial charge in [0, 0.05) is 11.6 Å². The molecule has 1 saturated heterocycles. The van der Waals surface area contributed by atoms with Crippen LogP contribution in [0.5, 0.6) is 5.75 Å². The predicted molar refractivity (Wildman–Crippen MR) is 104 cm³/mol. The molecule has 0 saturated carbocycles. The van der Waals surface area contributed by atoms with Crippen LogP contribution >= 0.6 is 0 Å². The molecule has 0 aliphatic carbocycles. The minimum Gasteiger partial charge on any atom is -0.495 e. The van der Waals surface area contributed by atoms with Gasteiger partial charge in [-0.25, -0.2) is 8.42 Å². The van der Waals surface area contributed by atoms with Crippen molar-refractivity contribution in [2.75, 3.05) is 24.9 Å². The van der Waals surface area contributed by atoms with Crippen molar-refractivity contribution in [2.45, 2.75) is 23.8 Å². The van der Waals surface area contributed by atoms with E-state index in [-0.39, 0.29) is 16.8 Å². The zero-order chi connectivity index (χ0) is 19.3. The van der Waals surface area contributed by atoms with Crippen LogP contribution in [0.2, 0.25) is 0 Å². The Morgan fingerprint density at radius 3 is 2.59 bits per heavy atom. The first-order chi connectivity index (χ1) is 13.0. The van der Waals surface area contributed by atoms with Crippen molar-refractivity contribution in [1.82, 2.24) is 10.6 Å². The molecule has 0 aromatic heterocycles. The fraction of sp³-hybridized carbons (Fsp3) is 0.316. The first-order valence-corrected chi connectivity index (χ1v) is 10.3. The smallest absolute Gasteiger partial charge is 0.262 e. The lowest BCUT2D eigenvalue weighted by Crippen LogP contribution is -2.42. The van der Waals surface area contributed by atoms with Gasteiger partial charge in [-0.3, -0.25) is 9.52 Å². The number of para-hydroxylation sites is 2. The number of hydrogen-bond donors (Lipinski definition) is 3. The lowest BCUT2D eigenvalue weighted by Gasteiger charge is -2.23. The summed E-state index contributed by atoms with van der Waals surface area (Å²) >= 11 is 0. The number of carbonyl (C=O) groups excluding carboxylic acids is 1. The van der Waals surface area contributed by atoms with Crippen molar-refractivity contribution >= 4 is 21.6 Å². The Kier molecular flexibility index (Phi) is 5.98. The van der Waals surface area contributed by atoms with Crippen molar-refractivity contribution < 1.29 is 17.9 Å². The average molecular weight is 389 g/mol. The fourth-order valence-corrected chi connectivity index (χ4v) is 4.09. The molecule has 1 aliphatic heterocycles. The van der Waals surface area contributed by atoms with Gasteiger partial charge < -0.3 is 15.4 Å². The summed E-state index contributed by atoms with van der Waals surface area (Å²) in [5, 5.41) is 6.21. The van der Waals surface area contributed by atoms with Crippen LogP contribution in [0, 0.1) is 0 Å². The van der Waals surface area contributed by atoms with Crippen LogP contribution in [0.15, 0.2) is 53.4 Å². The first kappa shape index (κ1) is 19.2. The normalized spacial score (nSPS) is 15.1. The quantitative estimate of drug-likeness (QED) is 0.702. The van der Waals surface area contributed by atoms with Gasteiger partial charge in [-0.1, -0.05) is 18.2 Å². The number of sulfonamides is 1. The maximum Gasteiger partial charge on any atom is 0.262 e. The van der Waals surface area contributed by atoms with E-state index in [0.717, 1.165) is 25.9 Å². The van der Waals surface area contributed by atoms with Gasteiger partial charge >= 0.3 is 0 Å². The molecule has 1 fully saturated rings. The summed E-state index contributed by atoms with van der Waals surface area (Å²) in [6.07, 6.45) is 1.72. The van der Waals surface area contributed by atoms with Crippen molar-refractivity contribution in [1.29, 1.82) is 0 Å². The fourth-order valence-electron chi connectivity index (χ4n) is 2.97. The molecule has 3 rings (SSSR count). The Labute approximate surface area is 159 Å². The van der Waals surface area contributed by atoms with Crippen molar-refractivity contribution in [3.8, 4) is 5.75 Å². The molecule has 0 unspecified atom stereocenters. The first-order valence-electron chi connectivity index (χ1n) is 8.77. The average Bonchev–Trinajstić information content (AvgIpc) is 2.69. The Morgan fingerprint density at radius 2 is 1.85 bits per heavy atom. The number of anilines is 1. The molecule has 27 heavy (non-hydrogen) atoms. The second kappa shape index (κ2) is 8.41. The standard InChI is InChI=1S/C19H23N3O4S/c1-26-18-8-3-2-7-17(18)22-27(24,25)16-6-4-5-14(13-16)19(23)21-15-9-11-20-12-10-15/h2-8,13,15,20,22H,9-12H2,1H3,(H,21,23). The van der Waals surface area contributed by atoms with Crippen LogP contribution in [0.4, 0.5) is 5.69 Å². The lowest BCUT2D eigenvalue weighted by molar-refractivity contribution is 0.0929. The van der Waals surface area contributed by atoms with Crippen molar-refractivity contribution in [3.63, 3.8) is 0 Å². The largest absolute Gasteiger partial charge is 0.495 e. The van der Waals surface area contributed by atoms with E-state index >= 15 is 0 Å². The molecule has 144 valence electrons. The third-order valence-corrected chi connectivity index (χ3v) is 5.80. The van der Waals surface area contributed by atoms with Crippen LogP contribution in [0.1, 0.15) is 23.2 Å². The summed E-state index contributed by atoms with van der Waals surface area (Å²) in [7, 11) is -2.38. The van der Waals surface area contributed by atoms with Crippen LogP contribution in [-0.4, -0.2) is 40.6 Å². The molecule has 1 amide bonds. The van der Waals surface area contributed by atoms with Gasteiger partial charge in [0.1, 0.15) is 5.75 Å². The molecule has 0 spiro atoms. The molecular formula is C19H23N3O4S. The zero-order valence-electron chi connectivity index (χ0n) is 15.1. The van der Waals surface area contributed by atoms with E-state index in [2.05, 4.69) is 15.4 Å². The highest BCUT2D eigenvalue weighted by Crippen LogP contribution is 2.26. The lowest BCUT2D eigenvalue weighted by atomic mass is 10.1. The second-order valence-electron chi connectivity index (χ2n) is 6.33. The predicted octanol–water partition coefficient (Wildman–Crippen LogP) is 1.98. The third kappa shape index (κ3) is 4.78. The molecule has 3 N–H and O–H groups in total. The molecule has 2 aromatic rings. The number of methoxy groups -OCH3 is 1. The molecule has 7 nitrogen and oxygen atoms in total. The molecule has 0 bridgehead atoms. The topological polar surface area (TPSA) is 96.5 Å². The number of nitrogens with one attached hydrogen (secondary N) is 3. The molecule has 8 heteroatoms. The van der Waals surface area contributed by atoms with Crippen LogP contribution in [-0.2, 0) is 10.0 Å². The van der Waals surface area contributed by atoms with Crippen molar-refractivity contribution in [2.24, 2.45) is 0 Å². The Balaban J connectivity index is 1.78. The minimum atomic E-state index is -3.86. The van der Waals surface area contributed by atoms with Gasteiger partial charge in [0.15, 0.2) is 0 Å². The number of hydrogen-bond acceptors (Lipinski definition) is 5. The Bertz CT molecular complexity index is 909. The highest BCUT2D eigenvalue weighted by molar-refractivity contribution is 7.92. The van der Waals surface area contributed by atoms with Gasteiger partial charge in [-0.2, -0.15) is 0 Å². The molecule has 0 atom stereocenters. The van der Waals surface area contributed by atoms with Gasteiger partial charge in [0.25, 0.3) is 15.9 Å². The maximum atomic E-state index is 12.7. The van der Waals surface area contributed by atoms with Crippen LogP contribution in [0.25, 0.3) is 0 Å². The van der Waals surface area contributed by atoms with E-state index in [1.54, 1.807) is 36.4 Å². The van der Waals surface area contributed by atoms with E-state index in [1.807, 2.05) is 0 Å². The second-order valence-corrected chi connectivity index (χ2v) is 8.01. The molecule has 1 aliphatic rings. The monoisotopic (exact) mass is 389 g/mol. The number of benzene rings is 2. The Hall–Kier alpha value is -2.58. The molecule has 1 heterocycles. The highest BCUT2D eigenvalue weighted by atomic mass is 32.2. The third-order valence-electron chi connectivity index (χ3n) is 4.43. The number of rotatable bonds is 6. The maximum absolute atomic E-state index is 12.7.